The monoisotopic (exact) mass is 268 g/mol. The number of halogens is 1. The highest BCUT2D eigenvalue weighted by atomic mass is 35.5. The van der Waals surface area contributed by atoms with Gasteiger partial charge in [0.2, 0.25) is 0 Å². The van der Waals surface area contributed by atoms with Crippen molar-refractivity contribution in [1.29, 1.82) is 0 Å². The number of aromatic carboxylic acids is 1. The van der Waals surface area contributed by atoms with Crippen LogP contribution in [-0.4, -0.2) is 17.1 Å². The van der Waals surface area contributed by atoms with E-state index in [0.29, 0.717) is 28.4 Å². The first kappa shape index (κ1) is 13.0. The summed E-state index contributed by atoms with van der Waals surface area (Å²) in [7, 11) is 0. The molecule has 2 unspecified atom stereocenters. The van der Waals surface area contributed by atoms with E-state index >= 15 is 0 Å². The van der Waals surface area contributed by atoms with E-state index in [4.69, 9.17) is 17.3 Å². The van der Waals surface area contributed by atoms with Gasteiger partial charge in [-0.05, 0) is 37.3 Å². The Kier molecular flexibility index (Phi) is 3.66. The lowest BCUT2D eigenvalue weighted by molar-refractivity contribution is 0.0698. The van der Waals surface area contributed by atoms with Crippen LogP contribution in [0.1, 0.15) is 36.5 Å². The van der Waals surface area contributed by atoms with E-state index in [9.17, 15) is 9.90 Å². The molecule has 0 aliphatic heterocycles. The fourth-order valence-electron chi connectivity index (χ4n) is 2.49. The van der Waals surface area contributed by atoms with Gasteiger partial charge in [-0.3, -0.25) is 0 Å². The molecule has 1 aromatic carbocycles. The SMILES string of the molecule is CC1CCC(Nc2c(Cl)cc(N)cc2C(=O)O)C1. The molecule has 0 aromatic heterocycles. The zero-order valence-corrected chi connectivity index (χ0v) is 11.0. The van der Waals surface area contributed by atoms with Crippen molar-refractivity contribution < 1.29 is 9.90 Å². The quantitative estimate of drug-likeness (QED) is 0.736. The lowest BCUT2D eigenvalue weighted by atomic mass is 10.1. The average molecular weight is 269 g/mol. The first-order valence-electron chi connectivity index (χ1n) is 6.06. The van der Waals surface area contributed by atoms with Gasteiger partial charge < -0.3 is 16.2 Å². The van der Waals surface area contributed by atoms with Crippen molar-refractivity contribution in [3.63, 3.8) is 0 Å². The minimum absolute atomic E-state index is 0.138. The van der Waals surface area contributed by atoms with Crippen LogP contribution >= 0.6 is 11.6 Å². The number of nitrogens with two attached hydrogens (primary N) is 1. The highest BCUT2D eigenvalue weighted by Crippen LogP contribution is 2.33. The van der Waals surface area contributed by atoms with Crippen LogP contribution in [0.3, 0.4) is 0 Å². The van der Waals surface area contributed by atoms with Crippen molar-refractivity contribution in [2.75, 3.05) is 11.1 Å². The Morgan fingerprint density at radius 2 is 2.22 bits per heavy atom. The number of carboxylic acids is 1. The van der Waals surface area contributed by atoms with Crippen molar-refractivity contribution >= 4 is 28.9 Å². The van der Waals surface area contributed by atoms with Gasteiger partial charge in [0.25, 0.3) is 0 Å². The zero-order chi connectivity index (χ0) is 13.3. The number of rotatable bonds is 3. The third-order valence-electron chi connectivity index (χ3n) is 3.39. The second kappa shape index (κ2) is 5.06. The molecule has 2 rings (SSSR count). The van der Waals surface area contributed by atoms with Gasteiger partial charge in [0.05, 0.1) is 16.3 Å². The Morgan fingerprint density at radius 1 is 1.50 bits per heavy atom. The van der Waals surface area contributed by atoms with Crippen molar-refractivity contribution in [2.24, 2.45) is 5.92 Å². The van der Waals surface area contributed by atoms with E-state index < -0.39 is 5.97 Å². The number of anilines is 2. The molecule has 0 spiro atoms. The average Bonchev–Trinajstić information content (AvgIpc) is 2.67. The van der Waals surface area contributed by atoms with E-state index in [1.807, 2.05) is 0 Å². The summed E-state index contributed by atoms with van der Waals surface area (Å²) in [5.41, 5.74) is 6.61. The molecule has 1 aromatic rings. The number of hydrogen-bond acceptors (Lipinski definition) is 3. The first-order valence-corrected chi connectivity index (χ1v) is 6.44. The second-order valence-electron chi connectivity index (χ2n) is 4.99. The molecule has 4 N–H and O–H groups in total. The standard InChI is InChI=1S/C13H17ClN2O2/c1-7-2-3-9(4-7)16-12-10(13(17)18)5-8(15)6-11(12)14/h5-7,9,16H,2-4,15H2,1H3,(H,17,18). The normalized spacial score (nSPS) is 23.0. The highest BCUT2D eigenvalue weighted by molar-refractivity contribution is 6.34. The molecule has 0 bridgehead atoms. The Bertz CT molecular complexity index is 476. The Hall–Kier alpha value is -1.42. The first-order chi connectivity index (χ1) is 8.47. The summed E-state index contributed by atoms with van der Waals surface area (Å²) in [5.74, 6) is -0.346. The second-order valence-corrected chi connectivity index (χ2v) is 5.40. The molecule has 0 saturated heterocycles. The van der Waals surface area contributed by atoms with E-state index in [0.717, 1.165) is 19.3 Å². The number of hydrogen-bond donors (Lipinski definition) is 3. The molecule has 0 heterocycles. The topological polar surface area (TPSA) is 75.3 Å². The third-order valence-corrected chi connectivity index (χ3v) is 3.68. The Balaban J connectivity index is 2.28. The zero-order valence-electron chi connectivity index (χ0n) is 10.2. The Morgan fingerprint density at radius 3 is 2.78 bits per heavy atom. The van der Waals surface area contributed by atoms with Crippen LogP contribution in [0.4, 0.5) is 11.4 Å². The Labute approximate surface area is 111 Å². The van der Waals surface area contributed by atoms with Crippen molar-refractivity contribution in [1.82, 2.24) is 0 Å². The molecule has 2 atom stereocenters. The molecule has 1 aliphatic carbocycles. The summed E-state index contributed by atoms with van der Waals surface area (Å²) >= 11 is 6.09. The fourth-order valence-corrected chi connectivity index (χ4v) is 2.77. The van der Waals surface area contributed by atoms with Gasteiger partial charge in [0.1, 0.15) is 0 Å². The van der Waals surface area contributed by atoms with E-state index in [-0.39, 0.29) is 5.56 Å². The van der Waals surface area contributed by atoms with Gasteiger partial charge in [-0.1, -0.05) is 18.5 Å². The van der Waals surface area contributed by atoms with Crippen LogP contribution < -0.4 is 11.1 Å². The van der Waals surface area contributed by atoms with Gasteiger partial charge >= 0.3 is 5.97 Å². The number of nitrogen functional groups attached to an aromatic ring is 1. The predicted molar refractivity (Wildman–Crippen MR) is 73.2 cm³/mol. The number of carbonyl (C=O) groups is 1. The van der Waals surface area contributed by atoms with Gasteiger partial charge in [0.15, 0.2) is 0 Å². The number of nitrogens with one attached hydrogen (secondary N) is 1. The maximum Gasteiger partial charge on any atom is 0.337 e. The summed E-state index contributed by atoms with van der Waals surface area (Å²) < 4.78 is 0. The van der Waals surface area contributed by atoms with Crippen LogP contribution in [0.5, 0.6) is 0 Å². The molecule has 1 saturated carbocycles. The highest BCUT2D eigenvalue weighted by Gasteiger charge is 2.24. The summed E-state index contributed by atoms with van der Waals surface area (Å²) in [6.07, 6.45) is 3.24. The lowest BCUT2D eigenvalue weighted by Crippen LogP contribution is -2.18. The molecular formula is C13H17ClN2O2. The molecule has 1 aliphatic rings. The molecular weight excluding hydrogens is 252 g/mol. The van der Waals surface area contributed by atoms with Gasteiger partial charge in [-0.15, -0.1) is 0 Å². The predicted octanol–water partition coefficient (Wildman–Crippen LogP) is 3.22. The molecule has 0 radical (unpaired) electrons. The van der Waals surface area contributed by atoms with E-state index in [1.165, 1.54) is 6.07 Å². The van der Waals surface area contributed by atoms with Crippen LogP contribution in [0.15, 0.2) is 12.1 Å². The van der Waals surface area contributed by atoms with Gasteiger partial charge in [-0.25, -0.2) is 4.79 Å². The smallest absolute Gasteiger partial charge is 0.337 e. The van der Waals surface area contributed by atoms with Crippen LogP contribution in [0, 0.1) is 5.92 Å². The molecule has 5 heteroatoms. The van der Waals surface area contributed by atoms with Crippen molar-refractivity contribution in [3.05, 3.63) is 22.7 Å². The molecule has 0 amide bonds. The lowest BCUT2D eigenvalue weighted by Gasteiger charge is -2.17. The van der Waals surface area contributed by atoms with Gasteiger partial charge in [0, 0.05) is 11.7 Å². The van der Waals surface area contributed by atoms with E-state index in [1.54, 1.807) is 6.07 Å². The molecule has 4 nitrogen and oxygen atoms in total. The summed E-state index contributed by atoms with van der Waals surface area (Å²) in [5, 5.41) is 12.8. The molecule has 1 fully saturated rings. The van der Waals surface area contributed by atoms with Crippen molar-refractivity contribution in [3.8, 4) is 0 Å². The maximum absolute atomic E-state index is 11.2. The van der Waals surface area contributed by atoms with Crippen LogP contribution in [-0.2, 0) is 0 Å². The number of benzene rings is 1. The summed E-state index contributed by atoms with van der Waals surface area (Å²) in [6.45, 7) is 2.20. The van der Waals surface area contributed by atoms with Gasteiger partial charge in [-0.2, -0.15) is 0 Å². The van der Waals surface area contributed by atoms with E-state index in [2.05, 4.69) is 12.2 Å². The van der Waals surface area contributed by atoms with Crippen molar-refractivity contribution in [2.45, 2.75) is 32.2 Å². The third kappa shape index (κ3) is 2.70. The fraction of sp³-hybridized carbons (Fsp3) is 0.462. The van der Waals surface area contributed by atoms with Crippen LogP contribution in [0.2, 0.25) is 5.02 Å². The summed E-state index contributed by atoms with van der Waals surface area (Å²) in [6, 6.07) is 3.31. The minimum atomic E-state index is -1.02. The molecule has 98 valence electrons. The maximum atomic E-state index is 11.2. The summed E-state index contributed by atoms with van der Waals surface area (Å²) in [4.78, 5) is 11.2. The minimum Gasteiger partial charge on any atom is -0.478 e. The van der Waals surface area contributed by atoms with Crippen LogP contribution in [0.25, 0.3) is 0 Å². The molecule has 18 heavy (non-hydrogen) atoms. The number of carboxylic acid groups (broad SMARTS) is 1. The largest absolute Gasteiger partial charge is 0.478 e.